The van der Waals surface area contributed by atoms with Gasteiger partial charge in [0.2, 0.25) is 5.91 Å². The molecule has 126 valence electrons. The maximum absolute atomic E-state index is 11.5. The number of amides is 1. The second-order valence-corrected chi connectivity index (χ2v) is 8.62. The van der Waals surface area contributed by atoms with E-state index in [4.69, 9.17) is 0 Å². The number of likely N-dealkylation sites (tertiary alicyclic amines) is 2. The highest BCUT2D eigenvalue weighted by atomic mass is 32.1. The Hall–Kier alpha value is -0.910. The van der Waals surface area contributed by atoms with Gasteiger partial charge in [-0.05, 0) is 44.5 Å². The molecule has 1 N–H and O–H groups in total. The van der Waals surface area contributed by atoms with Gasteiger partial charge in [0.1, 0.15) is 0 Å². The molecule has 3 aliphatic heterocycles. The van der Waals surface area contributed by atoms with Crippen LogP contribution in [0.3, 0.4) is 0 Å². The van der Waals surface area contributed by atoms with Crippen molar-refractivity contribution in [2.24, 2.45) is 5.92 Å². The first-order valence-corrected chi connectivity index (χ1v) is 9.89. The Kier molecular flexibility index (Phi) is 4.69. The first-order chi connectivity index (χ1) is 11.3. The minimum absolute atomic E-state index is 0.252. The van der Waals surface area contributed by atoms with Crippen molar-refractivity contribution in [2.45, 2.75) is 51.2 Å². The number of carbonyl (C=O) groups excluding carboxylic acids is 1. The van der Waals surface area contributed by atoms with Crippen molar-refractivity contribution >= 4 is 17.2 Å². The number of carbonyl (C=O) groups is 1. The van der Waals surface area contributed by atoms with E-state index in [1.165, 1.54) is 42.1 Å². The summed E-state index contributed by atoms with van der Waals surface area (Å²) in [4.78, 5) is 19.7. The van der Waals surface area contributed by atoms with Crippen LogP contribution in [0.5, 0.6) is 0 Å². The Morgan fingerprint density at radius 3 is 2.57 bits per heavy atom. The van der Waals surface area contributed by atoms with Gasteiger partial charge >= 0.3 is 0 Å². The Bertz CT molecular complexity index is 552. The van der Waals surface area contributed by atoms with Crippen molar-refractivity contribution in [3.63, 3.8) is 0 Å². The van der Waals surface area contributed by atoms with Gasteiger partial charge in [0, 0.05) is 54.3 Å². The molecule has 1 aromatic heterocycles. The summed E-state index contributed by atoms with van der Waals surface area (Å²) in [5, 5.41) is 3.12. The van der Waals surface area contributed by atoms with Crippen molar-refractivity contribution < 1.29 is 4.79 Å². The predicted molar refractivity (Wildman–Crippen MR) is 93.4 cm³/mol. The molecule has 4 nitrogen and oxygen atoms in total. The molecule has 0 radical (unpaired) electrons. The van der Waals surface area contributed by atoms with Crippen LogP contribution in [0.4, 0.5) is 0 Å². The minimum atomic E-state index is 0.252. The van der Waals surface area contributed by atoms with E-state index < -0.39 is 0 Å². The van der Waals surface area contributed by atoms with E-state index in [0.29, 0.717) is 12.0 Å². The summed E-state index contributed by atoms with van der Waals surface area (Å²) >= 11 is 1.98. The van der Waals surface area contributed by atoms with Crippen molar-refractivity contribution in [3.05, 3.63) is 21.9 Å². The molecule has 0 saturated carbocycles. The molecule has 5 heteroatoms. The molecule has 0 spiro atoms. The molecule has 1 amide bonds. The van der Waals surface area contributed by atoms with Crippen LogP contribution in [0.2, 0.25) is 0 Å². The highest BCUT2D eigenvalue weighted by Crippen LogP contribution is 2.28. The summed E-state index contributed by atoms with van der Waals surface area (Å²) in [5.74, 6) is 0.783. The van der Waals surface area contributed by atoms with Crippen LogP contribution in [0.15, 0.2) is 12.1 Å². The zero-order chi connectivity index (χ0) is 15.6. The van der Waals surface area contributed by atoms with Gasteiger partial charge in [0.05, 0.1) is 0 Å². The minimum Gasteiger partial charge on any atom is -0.353 e. The molecule has 3 aliphatic rings. The van der Waals surface area contributed by atoms with Gasteiger partial charge in [0.25, 0.3) is 0 Å². The van der Waals surface area contributed by atoms with Crippen LogP contribution in [-0.2, 0) is 17.9 Å². The second-order valence-electron chi connectivity index (χ2n) is 7.37. The van der Waals surface area contributed by atoms with Crippen molar-refractivity contribution in [1.82, 2.24) is 15.1 Å². The van der Waals surface area contributed by atoms with Gasteiger partial charge < -0.3 is 5.32 Å². The molecule has 0 aliphatic carbocycles. The first kappa shape index (κ1) is 15.6. The standard InChI is InChI=1S/C18H27N3OS/c22-18-10-14-11-21(9-6-17(14)19-18)13-16-5-4-15(23-16)12-20-7-2-1-3-8-20/h4-5,14,17H,1-3,6-13H2,(H,19,22)/t14-,17+/m1/s1. The van der Waals surface area contributed by atoms with Gasteiger partial charge in [-0.25, -0.2) is 0 Å². The van der Waals surface area contributed by atoms with Crippen LogP contribution >= 0.6 is 11.3 Å². The summed E-state index contributed by atoms with van der Waals surface area (Å²) in [6.07, 6.45) is 5.97. The molecular weight excluding hydrogens is 306 g/mol. The Balaban J connectivity index is 1.30. The van der Waals surface area contributed by atoms with Gasteiger partial charge in [-0.3, -0.25) is 14.6 Å². The number of hydrogen-bond acceptors (Lipinski definition) is 4. The third-order valence-electron chi connectivity index (χ3n) is 5.54. The van der Waals surface area contributed by atoms with Crippen molar-refractivity contribution in [2.75, 3.05) is 26.2 Å². The fourth-order valence-corrected chi connectivity index (χ4v) is 5.41. The lowest BCUT2D eigenvalue weighted by molar-refractivity contribution is -0.119. The maximum atomic E-state index is 11.5. The van der Waals surface area contributed by atoms with Crippen LogP contribution in [0, 0.1) is 5.92 Å². The Morgan fingerprint density at radius 2 is 1.78 bits per heavy atom. The normalized spacial score (nSPS) is 29.5. The van der Waals surface area contributed by atoms with Crippen LogP contribution in [0.25, 0.3) is 0 Å². The largest absolute Gasteiger partial charge is 0.353 e. The van der Waals surface area contributed by atoms with Gasteiger partial charge in [0.15, 0.2) is 0 Å². The van der Waals surface area contributed by atoms with Crippen molar-refractivity contribution in [3.8, 4) is 0 Å². The molecule has 23 heavy (non-hydrogen) atoms. The maximum Gasteiger partial charge on any atom is 0.220 e. The predicted octanol–water partition coefficient (Wildman–Crippen LogP) is 2.44. The number of rotatable bonds is 4. The number of nitrogens with one attached hydrogen (secondary N) is 1. The number of piperidine rings is 2. The van der Waals surface area contributed by atoms with E-state index >= 15 is 0 Å². The van der Waals surface area contributed by atoms with E-state index in [2.05, 4.69) is 27.2 Å². The lowest BCUT2D eigenvalue weighted by atomic mass is 9.93. The van der Waals surface area contributed by atoms with Crippen LogP contribution < -0.4 is 5.32 Å². The van der Waals surface area contributed by atoms with Crippen LogP contribution in [-0.4, -0.2) is 47.9 Å². The lowest BCUT2D eigenvalue weighted by Crippen LogP contribution is -2.44. The van der Waals surface area contributed by atoms with Crippen molar-refractivity contribution in [1.29, 1.82) is 0 Å². The topological polar surface area (TPSA) is 35.6 Å². The van der Waals surface area contributed by atoms with E-state index in [-0.39, 0.29) is 5.91 Å². The highest BCUT2D eigenvalue weighted by Gasteiger charge is 2.36. The molecule has 2 atom stereocenters. The van der Waals surface area contributed by atoms with E-state index in [9.17, 15) is 4.79 Å². The SMILES string of the molecule is O=C1C[C@@H]2CN(Cc3ccc(CN4CCCCC4)s3)CC[C@@H]2N1. The lowest BCUT2D eigenvalue weighted by Gasteiger charge is -2.33. The zero-order valence-electron chi connectivity index (χ0n) is 13.8. The smallest absolute Gasteiger partial charge is 0.220 e. The summed E-state index contributed by atoms with van der Waals surface area (Å²) in [6, 6.07) is 5.08. The molecule has 3 saturated heterocycles. The number of hydrogen-bond donors (Lipinski definition) is 1. The number of fused-ring (bicyclic) bond motifs is 1. The molecule has 0 aromatic carbocycles. The third kappa shape index (κ3) is 3.78. The monoisotopic (exact) mass is 333 g/mol. The van der Waals surface area contributed by atoms with E-state index in [1.54, 1.807) is 0 Å². The molecule has 3 fully saturated rings. The first-order valence-electron chi connectivity index (χ1n) is 9.08. The summed E-state index contributed by atoms with van der Waals surface area (Å²) in [6.45, 7) is 6.91. The van der Waals surface area contributed by atoms with E-state index in [0.717, 1.165) is 39.0 Å². The summed E-state index contributed by atoms with van der Waals surface area (Å²) < 4.78 is 0. The summed E-state index contributed by atoms with van der Waals surface area (Å²) in [7, 11) is 0. The molecule has 4 rings (SSSR count). The number of nitrogens with zero attached hydrogens (tertiary/aromatic N) is 2. The molecule has 0 unspecified atom stereocenters. The van der Waals surface area contributed by atoms with E-state index in [1.807, 2.05) is 11.3 Å². The molecule has 4 heterocycles. The van der Waals surface area contributed by atoms with Gasteiger partial charge in [-0.1, -0.05) is 6.42 Å². The summed E-state index contributed by atoms with van der Waals surface area (Å²) in [5.41, 5.74) is 0. The Morgan fingerprint density at radius 1 is 1.04 bits per heavy atom. The van der Waals surface area contributed by atoms with Gasteiger partial charge in [-0.15, -0.1) is 11.3 Å². The zero-order valence-corrected chi connectivity index (χ0v) is 14.6. The molecule has 0 bridgehead atoms. The second kappa shape index (κ2) is 6.91. The van der Waals surface area contributed by atoms with Crippen LogP contribution in [0.1, 0.15) is 41.9 Å². The number of thiophene rings is 1. The fraction of sp³-hybridized carbons (Fsp3) is 0.722. The average Bonchev–Trinajstić information content (AvgIpc) is 3.13. The fourth-order valence-electron chi connectivity index (χ4n) is 4.30. The third-order valence-corrected chi connectivity index (χ3v) is 6.59. The average molecular weight is 334 g/mol. The molecular formula is C18H27N3OS. The molecule has 1 aromatic rings. The van der Waals surface area contributed by atoms with Gasteiger partial charge in [-0.2, -0.15) is 0 Å². The quantitative estimate of drug-likeness (QED) is 0.919. The highest BCUT2D eigenvalue weighted by molar-refractivity contribution is 7.11. The Labute approximate surface area is 142 Å².